The minimum absolute atomic E-state index is 0.00477. The molecule has 8 heteroatoms. The van der Waals surface area contributed by atoms with E-state index in [9.17, 15) is 18.0 Å². The maximum atomic E-state index is 12.2. The second-order valence-corrected chi connectivity index (χ2v) is 3.79. The van der Waals surface area contributed by atoms with Gasteiger partial charge >= 0.3 is 6.18 Å². The van der Waals surface area contributed by atoms with E-state index >= 15 is 0 Å². The first-order chi connectivity index (χ1) is 8.24. The lowest BCUT2D eigenvalue weighted by atomic mass is 10.2. The minimum Gasteiger partial charge on any atom is -0.332 e. The molecule has 3 N–H and O–H groups in total. The average molecular weight is 262 g/mol. The molecule has 0 saturated carbocycles. The predicted octanol–water partition coefficient (Wildman–Crippen LogP) is 1.31. The number of nitrogens with zero attached hydrogens (tertiary/aromatic N) is 2. The summed E-state index contributed by atoms with van der Waals surface area (Å²) < 4.78 is 36.5. The molecule has 0 aliphatic rings. The van der Waals surface area contributed by atoms with Crippen LogP contribution in [-0.2, 0) is 0 Å². The SMILES string of the molecule is Cc1cc(NN)c(C(=O)N(C)CC(F)(F)F)cn1. The molecular weight excluding hydrogens is 249 g/mol. The van der Waals surface area contributed by atoms with Gasteiger partial charge in [0.2, 0.25) is 0 Å². The molecule has 0 spiro atoms. The van der Waals surface area contributed by atoms with Crippen LogP contribution >= 0.6 is 0 Å². The Hall–Kier alpha value is -1.83. The van der Waals surface area contributed by atoms with Gasteiger partial charge in [-0.15, -0.1) is 0 Å². The third-order valence-corrected chi connectivity index (χ3v) is 2.19. The number of hydrazine groups is 1. The van der Waals surface area contributed by atoms with Crippen molar-refractivity contribution >= 4 is 11.6 Å². The van der Waals surface area contributed by atoms with Crippen LogP contribution in [0.5, 0.6) is 0 Å². The zero-order valence-corrected chi connectivity index (χ0v) is 9.88. The Kier molecular flexibility index (Phi) is 4.12. The van der Waals surface area contributed by atoms with Crippen molar-refractivity contribution < 1.29 is 18.0 Å². The fourth-order valence-electron chi connectivity index (χ4n) is 1.40. The molecule has 1 heterocycles. The van der Waals surface area contributed by atoms with Gasteiger partial charge in [0.15, 0.2) is 0 Å². The Morgan fingerprint density at radius 2 is 2.17 bits per heavy atom. The summed E-state index contributed by atoms with van der Waals surface area (Å²) >= 11 is 0. The molecule has 1 rings (SSSR count). The third-order valence-electron chi connectivity index (χ3n) is 2.19. The van der Waals surface area contributed by atoms with Crippen molar-refractivity contribution in [3.63, 3.8) is 0 Å². The summed E-state index contributed by atoms with van der Waals surface area (Å²) in [5.74, 6) is 4.42. The summed E-state index contributed by atoms with van der Waals surface area (Å²) in [6, 6.07) is 1.48. The van der Waals surface area contributed by atoms with Crippen LogP contribution in [0.4, 0.5) is 18.9 Å². The Balaban J connectivity index is 2.96. The summed E-state index contributed by atoms with van der Waals surface area (Å²) in [6.45, 7) is 0.345. The molecular formula is C10H13F3N4O. The van der Waals surface area contributed by atoms with Crippen molar-refractivity contribution in [2.75, 3.05) is 19.0 Å². The van der Waals surface area contributed by atoms with Gasteiger partial charge < -0.3 is 10.3 Å². The molecule has 0 radical (unpaired) electrons. The lowest BCUT2D eigenvalue weighted by molar-refractivity contribution is -0.138. The molecule has 0 atom stereocenters. The van der Waals surface area contributed by atoms with Crippen LogP contribution in [0.25, 0.3) is 0 Å². The van der Waals surface area contributed by atoms with Gasteiger partial charge in [0, 0.05) is 18.9 Å². The molecule has 0 aliphatic carbocycles. The number of nitrogens with two attached hydrogens (primary N) is 1. The number of aromatic nitrogens is 1. The summed E-state index contributed by atoms with van der Waals surface area (Å²) in [5, 5.41) is 0. The van der Waals surface area contributed by atoms with Crippen molar-refractivity contribution in [2.24, 2.45) is 5.84 Å². The largest absolute Gasteiger partial charge is 0.406 e. The average Bonchev–Trinajstić information content (AvgIpc) is 2.25. The molecule has 0 bridgehead atoms. The molecule has 1 aromatic heterocycles. The van der Waals surface area contributed by atoms with E-state index in [0.717, 1.165) is 7.05 Å². The van der Waals surface area contributed by atoms with Gasteiger partial charge in [-0.1, -0.05) is 0 Å². The highest BCUT2D eigenvalue weighted by atomic mass is 19.4. The Labute approximate surface area is 102 Å². The van der Waals surface area contributed by atoms with Crippen LogP contribution < -0.4 is 11.3 Å². The smallest absolute Gasteiger partial charge is 0.332 e. The minimum atomic E-state index is -4.45. The molecule has 0 fully saturated rings. The van der Waals surface area contributed by atoms with E-state index in [2.05, 4.69) is 10.4 Å². The van der Waals surface area contributed by atoms with Crippen molar-refractivity contribution in [2.45, 2.75) is 13.1 Å². The lowest BCUT2D eigenvalue weighted by Crippen LogP contribution is -2.36. The summed E-state index contributed by atoms with van der Waals surface area (Å²) in [4.78, 5) is 16.2. The first kappa shape index (κ1) is 14.2. The summed E-state index contributed by atoms with van der Waals surface area (Å²) in [5.41, 5.74) is 3.09. The first-order valence-electron chi connectivity index (χ1n) is 5.00. The standard InChI is InChI=1S/C10H13F3N4O/c1-6-3-8(16-14)7(4-15-6)9(18)17(2)5-10(11,12)13/h3-4H,5,14H2,1-2H3,(H,15,16). The van der Waals surface area contributed by atoms with Gasteiger partial charge in [-0.2, -0.15) is 13.2 Å². The molecule has 18 heavy (non-hydrogen) atoms. The molecule has 0 unspecified atom stereocenters. The fraction of sp³-hybridized carbons (Fsp3) is 0.400. The van der Waals surface area contributed by atoms with Gasteiger partial charge in [0.05, 0.1) is 11.3 Å². The number of hydrogen-bond acceptors (Lipinski definition) is 4. The second kappa shape index (κ2) is 5.21. The first-order valence-corrected chi connectivity index (χ1v) is 5.00. The molecule has 0 saturated heterocycles. The normalized spacial score (nSPS) is 11.2. The lowest BCUT2D eigenvalue weighted by Gasteiger charge is -2.20. The van der Waals surface area contributed by atoms with Crippen LogP contribution in [-0.4, -0.2) is 35.6 Å². The van der Waals surface area contributed by atoms with Crippen molar-refractivity contribution in [3.8, 4) is 0 Å². The van der Waals surface area contributed by atoms with Gasteiger partial charge in [-0.25, -0.2) is 0 Å². The van der Waals surface area contributed by atoms with E-state index in [4.69, 9.17) is 5.84 Å². The van der Waals surface area contributed by atoms with Gasteiger partial charge in [-0.3, -0.25) is 15.6 Å². The predicted molar refractivity (Wildman–Crippen MR) is 59.8 cm³/mol. The van der Waals surface area contributed by atoms with Crippen LogP contribution in [0.1, 0.15) is 16.1 Å². The number of rotatable bonds is 3. The maximum absolute atomic E-state index is 12.2. The number of anilines is 1. The van der Waals surface area contributed by atoms with E-state index in [-0.39, 0.29) is 11.3 Å². The quantitative estimate of drug-likeness (QED) is 0.636. The zero-order chi connectivity index (χ0) is 13.9. The van der Waals surface area contributed by atoms with E-state index in [0.29, 0.717) is 10.6 Å². The number of carbonyl (C=O) groups excluding carboxylic acids is 1. The number of hydrogen-bond donors (Lipinski definition) is 2. The summed E-state index contributed by atoms with van der Waals surface area (Å²) in [7, 11) is 1.07. The van der Waals surface area contributed by atoms with E-state index in [1.165, 1.54) is 12.3 Å². The number of amides is 1. The number of nitrogen functional groups attached to an aromatic ring is 1. The number of carbonyl (C=O) groups is 1. The molecule has 100 valence electrons. The van der Waals surface area contributed by atoms with Gasteiger partial charge in [-0.05, 0) is 13.0 Å². The molecule has 1 amide bonds. The third kappa shape index (κ3) is 3.59. The molecule has 1 aromatic rings. The number of halogens is 3. The van der Waals surface area contributed by atoms with Gasteiger partial charge in [0.1, 0.15) is 6.54 Å². The van der Waals surface area contributed by atoms with Crippen LogP contribution in [0.2, 0.25) is 0 Å². The highest BCUT2D eigenvalue weighted by molar-refractivity contribution is 5.99. The Morgan fingerprint density at radius 3 is 2.67 bits per heavy atom. The number of nitrogens with one attached hydrogen (secondary N) is 1. The molecule has 0 aliphatic heterocycles. The highest BCUT2D eigenvalue weighted by Crippen LogP contribution is 2.20. The van der Waals surface area contributed by atoms with E-state index in [1.54, 1.807) is 6.92 Å². The zero-order valence-electron chi connectivity index (χ0n) is 9.88. The highest BCUT2D eigenvalue weighted by Gasteiger charge is 2.32. The number of aryl methyl sites for hydroxylation is 1. The van der Waals surface area contributed by atoms with Crippen LogP contribution in [0, 0.1) is 6.92 Å². The monoisotopic (exact) mass is 262 g/mol. The summed E-state index contributed by atoms with van der Waals surface area (Å²) in [6.07, 6.45) is -3.25. The maximum Gasteiger partial charge on any atom is 0.406 e. The Morgan fingerprint density at radius 1 is 1.56 bits per heavy atom. The molecule has 5 nitrogen and oxygen atoms in total. The van der Waals surface area contributed by atoms with E-state index in [1.807, 2.05) is 0 Å². The topological polar surface area (TPSA) is 71.2 Å². The van der Waals surface area contributed by atoms with Gasteiger partial charge in [0.25, 0.3) is 5.91 Å². The number of alkyl halides is 3. The second-order valence-electron chi connectivity index (χ2n) is 3.79. The molecule has 0 aromatic carbocycles. The van der Waals surface area contributed by atoms with E-state index < -0.39 is 18.6 Å². The Bertz CT molecular complexity index is 447. The number of pyridine rings is 1. The van der Waals surface area contributed by atoms with Crippen LogP contribution in [0.15, 0.2) is 12.3 Å². The van der Waals surface area contributed by atoms with Crippen molar-refractivity contribution in [1.29, 1.82) is 0 Å². The fourth-order valence-corrected chi connectivity index (χ4v) is 1.40. The van der Waals surface area contributed by atoms with Crippen molar-refractivity contribution in [1.82, 2.24) is 9.88 Å². The van der Waals surface area contributed by atoms with Crippen molar-refractivity contribution in [3.05, 3.63) is 23.5 Å². The van der Waals surface area contributed by atoms with Crippen LogP contribution in [0.3, 0.4) is 0 Å².